The number of phenols is 2. The number of ketones is 1. The molecule has 0 unspecified atom stereocenters. The van der Waals surface area contributed by atoms with Crippen LogP contribution in [0.15, 0.2) is 64.8 Å². The Labute approximate surface area is 182 Å². The molecule has 3 aromatic carbocycles. The van der Waals surface area contributed by atoms with Crippen LogP contribution in [0.4, 0.5) is 11.4 Å². The van der Waals surface area contributed by atoms with Crippen LogP contribution in [0.3, 0.4) is 0 Å². The monoisotopic (exact) mass is 414 g/mol. The third kappa shape index (κ3) is 4.22. The summed E-state index contributed by atoms with van der Waals surface area (Å²) in [6.45, 7) is 2.18. The van der Waals surface area contributed by atoms with Crippen LogP contribution in [-0.4, -0.2) is 16.0 Å². The van der Waals surface area contributed by atoms with Crippen molar-refractivity contribution < 1.29 is 15.0 Å². The van der Waals surface area contributed by atoms with E-state index < -0.39 is 0 Å². The molecule has 31 heavy (non-hydrogen) atoms. The largest absolute Gasteiger partial charge is 0.505 e. The molecular formula is C26H26N2O3. The molecule has 5 heteroatoms. The van der Waals surface area contributed by atoms with Gasteiger partial charge in [0.05, 0.1) is 5.69 Å². The van der Waals surface area contributed by atoms with Gasteiger partial charge in [0, 0.05) is 11.1 Å². The van der Waals surface area contributed by atoms with Crippen LogP contribution in [0, 0.1) is 0 Å². The lowest BCUT2D eigenvalue weighted by Crippen LogP contribution is -1.94. The summed E-state index contributed by atoms with van der Waals surface area (Å²) in [5.41, 5.74) is 4.39. The summed E-state index contributed by atoms with van der Waals surface area (Å²) in [5.74, 6) is -0.192. The van der Waals surface area contributed by atoms with Gasteiger partial charge in [0.25, 0.3) is 0 Å². The van der Waals surface area contributed by atoms with Gasteiger partial charge in [-0.05, 0) is 47.7 Å². The van der Waals surface area contributed by atoms with E-state index >= 15 is 0 Å². The molecule has 0 bridgehead atoms. The number of unbranched alkanes of at least 4 members (excludes halogenated alkanes) is 4. The number of azo groups is 1. The lowest BCUT2D eigenvalue weighted by molar-refractivity contribution is 0.104. The number of aryl methyl sites for hydroxylation is 1. The zero-order chi connectivity index (χ0) is 21.8. The number of carbonyl (C=O) groups excluding carboxylic acids is 1. The molecule has 0 amide bonds. The van der Waals surface area contributed by atoms with E-state index in [1.165, 1.54) is 25.3 Å². The number of fused-ring (bicyclic) bond motifs is 3. The van der Waals surface area contributed by atoms with Crippen molar-refractivity contribution in [3.63, 3.8) is 0 Å². The highest BCUT2D eigenvalue weighted by molar-refractivity contribution is 6.22. The third-order valence-corrected chi connectivity index (χ3v) is 5.74. The predicted molar refractivity (Wildman–Crippen MR) is 122 cm³/mol. The molecule has 1 aliphatic carbocycles. The zero-order valence-corrected chi connectivity index (χ0v) is 17.6. The summed E-state index contributed by atoms with van der Waals surface area (Å²) in [6.07, 6.45) is 6.40. The second kappa shape index (κ2) is 9.13. The Hall–Kier alpha value is -3.47. The molecule has 1 aliphatic rings. The van der Waals surface area contributed by atoms with E-state index in [-0.39, 0.29) is 23.0 Å². The van der Waals surface area contributed by atoms with Crippen LogP contribution in [0.5, 0.6) is 11.5 Å². The van der Waals surface area contributed by atoms with Crippen LogP contribution in [-0.2, 0) is 6.42 Å². The summed E-state index contributed by atoms with van der Waals surface area (Å²) in [4.78, 5) is 12.7. The fraction of sp³-hybridized carbons (Fsp3) is 0.269. The highest BCUT2D eigenvalue weighted by Crippen LogP contribution is 2.41. The van der Waals surface area contributed by atoms with Crippen molar-refractivity contribution in [1.82, 2.24) is 0 Å². The van der Waals surface area contributed by atoms with E-state index in [2.05, 4.69) is 17.2 Å². The molecule has 0 heterocycles. The van der Waals surface area contributed by atoms with Crippen molar-refractivity contribution >= 4 is 17.2 Å². The van der Waals surface area contributed by atoms with Crippen molar-refractivity contribution in [2.24, 2.45) is 10.2 Å². The lowest BCUT2D eigenvalue weighted by Gasteiger charge is -2.08. The van der Waals surface area contributed by atoms with Crippen molar-refractivity contribution in [3.05, 3.63) is 71.3 Å². The van der Waals surface area contributed by atoms with Crippen LogP contribution in [0.1, 0.15) is 60.5 Å². The number of phenolic OH excluding ortho intramolecular Hbond substituents is 2. The fourth-order valence-electron chi connectivity index (χ4n) is 4.02. The summed E-state index contributed by atoms with van der Waals surface area (Å²) >= 11 is 0. The van der Waals surface area contributed by atoms with Gasteiger partial charge in [0.1, 0.15) is 11.5 Å². The Morgan fingerprint density at radius 1 is 0.774 bits per heavy atom. The number of hydrogen-bond acceptors (Lipinski definition) is 5. The predicted octanol–water partition coefficient (Wildman–Crippen LogP) is 7.24. The Morgan fingerprint density at radius 2 is 1.52 bits per heavy atom. The zero-order valence-electron chi connectivity index (χ0n) is 17.6. The topological polar surface area (TPSA) is 82.2 Å². The maximum Gasteiger partial charge on any atom is 0.194 e. The number of carbonyl (C=O) groups is 1. The van der Waals surface area contributed by atoms with Crippen LogP contribution >= 0.6 is 0 Å². The molecule has 0 fully saturated rings. The average Bonchev–Trinajstić information content (AvgIpc) is 3.07. The third-order valence-electron chi connectivity index (χ3n) is 5.74. The smallest absolute Gasteiger partial charge is 0.194 e. The maximum absolute atomic E-state index is 12.7. The molecule has 3 aromatic rings. The van der Waals surface area contributed by atoms with E-state index in [4.69, 9.17) is 0 Å². The van der Waals surface area contributed by atoms with Gasteiger partial charge in [-0.3, -0.25) is 4.79 Å². The molecule has 0 aliphatic heterocycles. The van der Waals surface area contributed by atoms with Gasteiger partial charge in [-0.1, -0.05) is 69.0 Å². The van der Waals surface area contributed by atoms with E-state index in [9.17, 15) is 15.0 Å². The first-order valence-electron chi connectivity index (χ1n) is 10.8. The lowest BCUT2D eigenvalue weighted by atomic mass is 10.0. The number of nitrogens with zero attached hydrogens (tertiary/aromatic N) is 2. The van der Waals surface area contributed by atoms with Gasteiger partial charge in [0.2, 0.25) is 0 Å². The maximum atomic E-state index is 12.7. The molecule has 0 radical (unpaired) electrons. The van der Waals surface area contributed by atoms with Crippen molar-refractivity contribution in [3.8, 4) is 22.6 Å². The normalized spacial score (nSPS) is 12.4. The SMILES string of the molecule is CCCCCCCc1ccc(O)c(N=Nc2ccc3c(c2)C(=O)c2ccccc2-3)c1O. The average molecular weight is 415 g/mol. The highest BCUT2D eigenvalue weighted by Gasteiger charge is 2.26. The molecule has 0 saturated carbocycles. The molecular weight excluding hydrogens is 388 g/mol. The molecule has 0 aromatic heterocycles. The summed E-state index contributed by atoms with van der Waals surface area (Å²) < 4.78 is 0. The Balaban J connectivity index is 1.54. The minimum Gasteiger partial charge on any atom is -0.505 e. The van der Waals surface area contributed by atoms with E-state index in [1.54, 1.807) is 18.2 Å². The van der Waals surface area contributed by atoms with Gasteiger partial charge in [-0.25, -0.2) is 0 Å². The highest BCUT2D eigenvalue weighted by atomic mass is 16.3. The summed E-state index contributed by atoms with van der Waals surface area (Å²) in [7, 11) is 0. The van der Waals surface area contributed by atoms with Gasteiger partial charge in [-0.2, -0.15) is 5.11 Å². The first-order valence-corrected chi connectivity index (χ1v) is 10.8. The van der Waals surface area contributed by atoms with Crippen molar-refractivity contribution in [2.75, 3.05) is 0 Å². The standard InChI is InChI=1S/C26H26N2O3/c1-2-3-4-5-6-9-17-12-15-23(29)24(25(17)30)28-27-18-13-14-20-19-10-7-8-11-21(19)26(31)22(20)16-18/h7-8,10-16,29-30H,2-6,9H2,1H3. The molecule has 0 spiro atoms. The molecule has 4 rings (SSSR count). The Bertz CT molecular complexity index is 1150. The van der Waals surface area contributed by atoms with Gasteiger partial charge in [0.15, 0.2) is 11.5 Å². The fourth-order valence-corrected chi connectivity index (χ4v) is 4.02. The summed E-state index contributed by atoms with van der Waals surface area (Å²) in [6, 6.07) is 16.1. The molecule has 5 nitrogen and oxygen atoms in total. The quantitative estimate of drug-likeness (QED) is 0.235. The van der Waals surface area contributed by atoms with Gasteiger partial charge < -0.3 is 10.2 Å². The molecule has 158 valence electrons. The Kier molecular flexibility index (Phi) is 6.12. The molecule has 0 saturated heterocycles. The van der Waals surface area contributed by atoms with Crippen molar-refractivity contribution in [2.45, 2.75) is 45.4 Å². The second-order valence-corrected chi connectivity index (χ2v) is 7.91. The minimum absolute atomic E-state index is 0.0292. The molecule has 0 atom stereocenters. The van der Waals surface area contributed by atoms with Crippen LogP contribution in [0.2, 0.25) is 0 Å². The van der Waals surface area contributed by atoms with Gasteiger partial charge in [-0.15, -0.1) is 5.11 Å². The minimum atomic E-state index is -0.124. The summed E-state index contributed by atoms with van der Waals surface area (Å²) in [5, 5.41) is 29.1. The number of aromatic hydroxyl groups is 2. The number of benzene rings is 3. The van der Waals surface area contributed by atoms with E-state index in [0.29, 0.717) is 16.8 Å². The van der Waals surface area contributed by atoms with E-state index in [1.807, 2.05) is 30.3 Å². The Morgan fingerprint density at radius 3 is 2.32 bits per heavy atom. The first-order chi connectivity index (χ1) is 15.1. The number of hydrogen-bond donors (Lipinski definition) is 2. The van der Waals surface area contributed by atoms with Crippen LogP contribution in [0.25, 0.3) is 11.1 Å². The number of rotatable bonds is 8. The van der Waals surface area contributed by atoms with Crippen molar-refractivity contribution in [1.29, 1.82) is 0 Å². The first kappa shape index (κ1) is 20.8. The van der Waals surface area contributed by atoms with Gasteiger partial charge >= 0.3 is 0 Å². The molecule has 2 N–H and O–H groups in total. The van der Waals surface area contributed by atoms with E-state index in [0.717, 1.165) is 36.0 Å². The second-order valence-electron chi connectivity index (χ2n) is 7.91. The van der Waals surface area contributed by atoms with Crippen LogP contribution < -0.4 is 0 Å².